The van der Waals surface area contributed by atoms with Crippen LogP contribution in [0.2, 0.25) is 0 Å². The number of nitrogens with one attached hydrogen (secondary N) is 1. The molecule has 0 atom stereocenters. The van der Waals surface area contributed by atoms with Crippen LogP contribution < -0.4 is 5.32 Å². The molecule has 3 rings (SSSR count). The van der Waals surface area contributed by atoms with Gasteiger partial charge in [0.05, 0.1) is 5.56 Å². The third-order valence-corrected chi connectivity index (χ3v) is 5.22. The van der Waals surface area contributed by atoms with Gasteiger partial charge < -0.3 is 5.32 Å². The van der Waals surface area contributed by atoms with E-state index in [-0.39, 0.29) is 11.7 Å². The molecule has 3 nitrogen and oxygen atoms in total. The SMILES string of the molecule is CCC(=O)Nc1sc2c(c1C(=O)c1ccccc1)CCCC2. The molecule has 0 saturated carbocycles. The molecule has 1 aliphatic carbocycles. The van der Waals surface area contributed by atoms with Gasteiger partial charge in [-0.05, 0) is 31.2 Å². The topological polar surface area (TPSA) is 46.2 Å². The number of fused-ring (bicyclic) bond motifs is 1. The minimum Gasteiger partial charge on any atom is -0.317 e. The molecule has 2 aromatic rings. The van der Waals surface area contributed by atoms with Crippen LogP contribution in [0.25, 0.3) is 0 Å². The highest BCUT2D eigenvalue weighted by molar-refractivity contribution is 7.17. The van der Waals surface area contributed by atoms with Gasteiger partial charge in [0.15, 0.2) is 5.78 Å². The molecular formula is C18H19NO2S. The minimum absolute atomic E-state index is 0.0198. The van der Waals surface area contributed by atoms with Gasteiger partial charge in [0.25, 0.3) is 0 Å². The van der Waals surface area contributed by atoms with Crippen molar-refractivity contribution in [3.8, 4) is 0 Å². The van der Waals surface area contributed by atoms with Crippen LogP contribution in [-0.2, 0) is 17.6 Å². The Morgan fingerprint density at radius 3 is 2.59 bits per heavy atom. The number of carbonyl (C=O) groups is 2. The highest BCUT2D eigenvalue weighted by Crippen LogP contribution is 2.39. The number of thiophene rings is 1. The predicted octanol–water partition coefficient (Wildman–Crippen LogP) is 4.21. The summed E-state index contributed by atoms with van der Waals surface area (Å²) in [6.07, 6.45) is 4.63. The third kappa shape index (κ3) is 2.83. The number of hydrogen-bond acceptors (Lipinski definition) is 3. The lowest BCUT2D eigenvalue weighted by Gasteiger charge is -2.12. The van der Waals surface area contributed by atoms with Crippen LogP contribution in [0.3, 0.4) is 0 Å². The Kier molecular flexibility index (Phi) is 4.39. The second-order valence-electron chi connectivity index (χ2n) is 5.51. The lowest BCUT2D eigenvalue weighted by Crippen LogP contribution is -2.13. The summed E-state index contributed by atoms with van der Waals surface area (Å²) in [5.74, 6) is -0.0212. The Labute approximate surface area is 134 Å². The van der Waals surface area contributed by atoms with Gasteiger partial charge in [0, 0.05) is 16.9 Å². The van der Waals surface area contributed by atoms with E-state index in [1.807, 2.05) is 37.3 Å². The molecule has 22 heavy (non-hydrogen) atoms. The molecule has 0 spiro atoms. The van der Waals surface area contributed by atoms with E-state index in [1.165, 1.54) is 4.88 Å². The molecule has 1 amide bonds. The van der Waals surface area contributed by atoms with E-state index in [0.717, 1.165) is 36.2 Å². The standard InChI is InChI=1S/C18H19NO2S/c1-2-15(20)19-18-16(13-10-6-7-11-14(13)22-18)17(21)12-8-4-3-5-9-12/h3-5,8-9H,2,6-7,10-11H2,1H3,(H,19,20). The Bertz CT molecular complexity index is 703. The van der Waals surface area contributed by atoms with Crippen molar-refractivity contribution in [2.45, 2.75) is 39.0 Å². The Morgan fingerprint density at radius 2 is 1.86 bits per heavy atom. The Morgan fingerprint density at radius 1 is 1.14 bits per heavy atom. The van der Waals surface area contributed by atoms with Gasteiger partial charge in [-0.1, -0.05) is 37.3 Å². The molecule has 0 saturated heterocycles. The molecule has 4 heteroatoms. The average molecular weight is 313 g/mol. The fraction of sp³-hybridized carbons (Fsp3) is 0.333. The van der Waals surface area contributed by atoms with Crippen molar-refractivity contribution in [3.05, 3.63) is 51.9 Å². The Balaban J connectivity index is 2.05. The van der Waals surface area contributed by atoms with E-state index in [4.69, 9.17) is 0 Å². The van der Waals surface area contributed by atoms with Crippen LogP contribution in [-0.4, -0.2) is 11.7 Å². The summed E-state index contributed by atoms with van der Waals surface area (Å²) < 4.78 is 0. The lowest BCUT2D eigenvalue weighted by molar-refractivity contribution is -0.115. The minimum atomic E-state index is -0.0410. The zero-order chi connectivity index (χ0) is 15.5. The van der Waals surface area contributed by atoms with Gasteiger partial charge in [-0.3, -0.25) is 9.59 Å². The van der Waals surface area contributed by atoms with Crippen molar-refractivity contribution in [1.29, 1.82) is 0 Å². The van der Waals surface area contributed by atoms with E-state index >= 15 is 0 Å². The first-order chi connectivity index (χ1) is 10.7. The molecule has 1 aliphatic rings. The first kappa shape index (κ1) is 15.0. The lowest BCUT2D eigenvalue weighted by atomic mass is 9.92. The summed E-state index contributed by atoms with van der Waals surface area (Å²) in [7, 11) is 0. The maximum Gasteiger partial charge on any atom is 0.224 e. The zero-order valence-electron chi connectivity index (χ0n) is 12.6. The number of rotatable bonds is 4. The quantitative estimate of drug-likeness (QED) is 0.860. The predicted molar refractivity (Wildman–Crippen MR) is 89.8 cm³/mol. The van der Waals surface area contributed by atoms with Crippen LogP contribution in [0.4, 0.5) is 5.00 Å². The Hall–Kier alpha value is -1.94. The van der Waals surface area contributed by atoms with E-state index in [0.29, 0.717) is 17.5 Å². The molecule has 0 aliphatic heterocycles. The van der Waals surface area contributed by atoms with Crippen LogP contribution in [0, 0.1) is 0 Å². The van der Waals surface area contributed by atoms with E-state index < -0.39 is 0 Å². The first-order valence-electron chi connectivity index (χ1n) is 7.74. The zero-order valence-corrected chi connectivity index (χ0v) is 13.5. The molecule has 114 valence electrons. The van der Waals surface area contributed by atoms with Crippen LogP contribution in [0.1, 0.15) is 52.5 Å². The van der Waals surface area contributed by atoms with Gasteiger partial charge in [0.2, 0.25) is 5.91 Å². The maximum absolute atomic E-state index is 12.9. The van der Waals surface area contributed by atoms with Crippen molar-refractivity contribution in [2.75, 3.05) is 5.32 Å². The molecule has 0 fully saturated rings. The smallest absolute Gasteiger partial charge is 0.224 e. The second kappa shape index (κ2) is 6.44. The van der Waals surface area contributed by atoms with Gasteiger partial charge in [0.1, 0.15) is 5.00 Å². The highest BCUT2D eigenvalue weighted by Gasteiger charge is 2.26. The van der Waals surface area contributed by atoms with Crippen molar-refractivity contribution in [1.82, 2.24) is 0 Å². The fourth-order valence-corrected chi connectivity index (χ4v) is 4.15. The van der Waals surface area contributed by atoms with Crippen molar-refractivity contribution in [3.63, 3.8) is 0 Å². The monoisotopic (exact) mass is 313 g/mol. The second-order valence-corrected chi connectivity index (χ2v) is 6.62. The molecular weight excluding hydrogens is 294 g/mol. The third-order valence-electron chi connectivity index (χ3n) is 4.01. The maximum atomic E-state index is 12.9. The summed E-state index contributed by atoms with van der Waals surface area (Å²) in [5.41, 5.74) is 2.55. The number of ketones is 1. The fourth-order valence-electron chi connectivity index (χ4n) is 2.84. The van der Waals surface area contributed by atoms with Crippen molar-refractivity contribution >= 4 is 28.0 Å². The highest BCUT2D eigenvalue weighted by atomic mass is 32.1. The molecule has 1 aromatic heterocycles. The van der Waals surface area contributed by atoms with E-state index in [1.54, 1.807) is 11.3 Å². The number of benzene rings is 1. The van der Waals surface area contributed by atoms with Gasteiger partial charge in [-0.2, -0.15) is 0 Å². The molecule has 1 N–H and O–H groups in total. The summed E-state index contributed by atoms with van der Waals surface area (Å²) in [6, 6.07) is 9.31. The number of carbonyl (C=O) groups excluding carboxylic acids is 2. The summed E-state index contributed by atoms with van der Waals surface area (Å²) in [6.45, 7) is 1.82. The van der Waals surface area contributed by atoms with Crippen molar-refractivity contribution < 1.29 is 9.59 Å². The largest absolute Gasteiger partial charge is 0.317 e. The number of amides is 1. The van der Waals surface area contributed by atoms with Gasteiger partial charge in [-0.25, -0.2) is 0 Å². The summed E-state index contributed by atoms with van der Waals surface area (Å²) in [5, 5.41) is 3.66. The van der Waals surface area contributed by atoms with Crippen molar-refractivity contribution in [2.24, 2.45) is 0 Å². The van der Waals surface area contributed by atoms with Crippen LogP contribution >= 0.6 is 11.3 Å². The molecule has 0 bridgehead atoms. The molecule has 0 radical (unpaired) electrons. The van der Waals surface area contributed by atoms with Gasteiger partial charge in [-0.15, -0.1) is 11.3 Å². The molecule has 1 aromatic carbocycles. The number of aryl methyl sites for hydroxylation is 1. The van der Waals surface area contributed by atoms with E-state index in [2.05, 4.69) is 5.32 Å². The first-order valence-corrected chi connectivity index (χ1v) is 8.56. The number of anilines is 1. The normalized spacial score (nSPS) is 13.5. The van der Waals surface area contributed by atoms with E-state index in [9.17, 15) is 9.59 Å². The summed E-state index contributed by atoms with van der Waals surface area (Å²) >= 11 is 1.58. The average Bonchev–Trinajstić information content (AvgIpc) is 2.92. The van der Waals surface area contributed by atoms with Crippen LogP contribution in [0.15, 0.2) is 30.3 Å². The van der Waals surface area contributed by atoms with Gasteiger partial charge >= 0.3 is 0 Å². The van der Waals surface area contributed by atoms with Crippen LogP contribution in [0.5, 0.6) is 0 Å². The number of hydrogen-bond donors (Lipinski definition) is 1. The molecule has 0 unspecified atom stereocenters. The molecule has 1 heterocycles. The summed E-state index contributed by atoms with van der Waals surface area (Å²) in [4.78, 5) is 26.0.